The lowest BCUT2D eigenvalue weighted by molar-refractivity contribution is -0.121. The van der Waals surface area contributed by atoms with Gasteiger partial charge in [-0.15, -0.1) is 5.10 Å². The Morgan fingerprint density at radius 3 is 2.61 bits per heavy atom. The third-order valence-electron chi connectivity index (χ3n) is 5.06. The number of carbonyl (C=O) groups is 1. The van der Waals surface area contributed by atoms with Crippen LogP contribution in [0.3, 0.4) is 0 Å². The Hall–Kier alpha value is -3.24. The van der Waals surface area contributed by atoms with E-state index >= 15 is 0 Å². The maximum Gasteiger partial charge on any atom is 0.242 e. The summed E-state index contributed by atoms with van der Waals surface area (Å²) in [5, 5.41) is 11.6. The number of fused-ring (bicyclic) bond motifs is 3. The van der Waals surface area contributed by atoms with E-state index in [9.17, 15) is 4.79 Å². The fourth-order valence-electron chi connectivity index (χ4n) is 3.28. The molecule has 0 aliphatic rings. The number of amides is 1. The molecule has 1 atom stereocenters. The SMILES string of the molecule is COc1ccc(-c2nc3c4cccc(Br)c4nc(N[C@H](C)C(=O)NCC(C)(C)N)n3n2)cc1. The zero-order valence-corrected chi connectivity index (χ0v) is 20.5. The number of anilines is 1. The van der Waals surface area contributed by atoms with Crippen LogP contribution in [0.15, 0.2) is 46.9 Å². The Balaban J connectivity index is 1.76. The Morgan fingerprint density at radius 1 is 1.21 bits per heavy atom. The molecule has 0 bridgehead atoms. The summed E-state index contributed by atoms with van der Waals surface area (Å²) in [4.78, 5) is 22.2. The second-order valence-electron chi connectivity index (χ2n) is 8.54. The van der Waals surface area contributed by atoms with Crippen LogP contribution in [0.1, 0.15) is 20.8 Å². The van der Waals surface area contributed by atoms with Gasteiger partial charge in [0.2, 0.25) is 11.9 Å². The average molecular weight is 512 g/mol. The zero-order valence-electron chi connectivity index (χ0n) is 18.9. The number of hydrogen-bond acceptors (Lipinski definition) is 7. The van der Waals surface area contributed by atoms with Crippen LogP contribution in [0.25, 0.3) is 27.9 Å². The maximum atomic E-state index is 12.6. The molecule has 0 radical (unpaired) electrons. The number of nitrogens with one attached hydrogen (secondary N) is 2. The molecule has 0 saturated heterocycles. The first-order valence-electron chi connectivity index (χ1n) is 10.5. The molecule has 10 heteroatoms. The van der Waals surface area contributed by atoms with Crippen molar-refractivity contribution in [1.29, 1.82) is 0 Å². The van der Waals surface area contributed by atoms with Gasteiger partial charge in [0.25, 0.3) is 0 Å². The quantitative estimate of drug-likeness (QED) is 0.347. The molecular formula is C23H26BrN7O2. The lowest BCUT2D eigenvalue weighted by Crippen LogP contribution is -2.48. The molecular weight excluding hydrogens is 486 g/mol. The molecule has 4 rings (SSSR count). The minimum absolute atomic E-state index is 0.189. The van der Waals surface area contributed by atoms with Crippen molar-refractivity contribution in [3.05, 3.63) is 46.9 Å². The fraction of sp³-hybridized carbons (Fsp3) is 0.304. The van der Waals surface area contributed by atoms with Crippen molar-refractivity contribution in [3.8, 4) is 17.1 Å². The summed E-state index contributed by atoms with van der Waals surface area (Å²) in [6.45, 7) is 5.83. The van der Waals surface area contributed by atoms with E-state index in [4.69, 9.17) is 20.4 Å². The van der Waals surface area contributed by atoms with Crippen LogP contribution in [-0.2, 0) is 4.79 Å². The summed E-state index contributed by atoms with van der Waals surface area (Å²) in [5.41, 5.74) is 7.66. The highest BCUT2D eigenvalue weighted by Gasteiger charge is 2.21. The molecule has 0 spiro atoms. The summed E-state index contributed by atoms with van der Waals surface area (Å²) in [6.07, 6.45) is 0. The maximum absolute atomic E-state index is 12.6. The highest BCUT2D eigenvalue weighted by molar-refractivity contribution is 9.10. The molecule has 0 aliphatic carbocycles. The van der Waals surface area contributed by atoms with Crippen LogP contribution in [-0.4, -0.2) is 50.7 Å². The Labute approximate surface area is 199 Å². The van der Waals surface area contributed by atoms with Gasteiger partial charge in [-0.2, -0.15) is 4.52 Å². The predicted octanol–water partition coefficient (Wildman–Crippen LogP) is 3.37. The number of ether oxygens (including phenoxy) is 1. The molecule has 1 amide bonds. The van der Waals surface area contributed by atoms with Crippen molar-refractivity contribution in [2.24, 2.45) is 5.73 Å². The molecule has 172 valence electrons. The molecule has 2 aromatic heterocycles. The minimum atomic E-state index is -0.573. The third kappa shape index (κ3) is 4.91. The first kappa shape index (κ1) is 22.9. The van der Waals surface area contributed by atoms with E-state index in [1.807, 2.05) is 56.3 Å². The van der Waals surface area contributed by atoms with Gasteiger partial charge in [-0.25, -0.2) is 9.97 Å². The number of carbonyl (C=O) groups excluding carboxylic acids is 1. The molecule has 4 N–H and O–H groups in total. The van der Waals surface area contributed by atoms with Gasteiger partial charge in [0.15, 0.2) is 11.5 Å². The van der Waals surface area contributed by atoms with Gasteiger partial charge in [-0.1, -0.05) is 6.07 Å². The van der Waals surface area contributed by atoms with Crippen LogP contribution in [0.4, 0.5) is 5.95 Å². The fourth-order valence-corrected chi connectivity index (χ4v) is 3.73. The van der Waals surface area contributed by atoms with Crippen molar-refractivity contribution in [2.75, 3.05) is 19.0 Å². The number of nitrogens with zero attached hydrogens (tertiary/aromatic N) is 4. The number of methoxy groups -OCH3 is 1. The summed E-state index contributed by atoms with van der Waals surface area (Å²) >= 11 is 3.57. The van der Waals surface area contributed by atoms with Crippen LogP contribution in [0.2, 0.25) is 0 Å². The van der Waals surface area contributed by atoms with E-state index in [0.29, 0.717) is 24.0 Å². The van der Waals surface area contributed by atoms with E-state index < -0.39 is 11.6 Å². The summed E-state index contributed by atoms with van der Waals surface area (Å²) in [5.74, 6) is 1.51. The normalized spacial score (nSPS) is 12.7. The minimum Gasteiger partial charge on any atom is -0.497 e. The lowest BCUT2D eigenvalue weighted by atomic mass is 10.1. The van der Waals surface area contributed by atoms with E-state index in [0.717, 1.165) is 26.7 Å². The van der Waals surface area contributed by atoms with Gasteiger partial charge in [0, 0.05) is 27.5 Å². The highest BCUT2D eigenvalue weighted by Crippen LogP contribution is 2.29. The topological polar surface area (TPSA) is 119 Å². The monoisotopic (exact) mass is 511 g/mol. The van der Waals surface area contributed by atoms with Gasteiger partial charge in [0.05, 0.1) is 12.6 Å². The van der Waals surface area contributed by atoms with E-state index in [1.165, 1.54) is 0 Å². The molecule has 0 fully saturated rings. The number of halogens is 1. The van der Waals surface area contributed by atoms with E-state index in [2.05, 4.69) is 31.7 Å². The second-order valence-corrected chi connectivity index (χ2v) is 9.40. The number of aromatic nitrogens is 4. The largest absolute Gasteiger partial charge is 0.497 e. The van der Waals surface area contributed by atoms with Gasteiger partial charge >= 0.3 is 0 Å². The lowest BCUT2D eigenvalue weighted by Gasteiger charge is -2.21. The van der Waals surface area contributed by atoms with Crippen molar-refractivity contribution in [1.82, 2.24) is 24.9 Å². The molecule has 33 heavy (non-hydrogen) atoms. The molecule has 4 aromatic rings. The standard InChI is InChI=1S/C23H26BrN7O2/c1-13(21(32)26-12-23(2,3)25)27-22-28-18-16(6-5-7-17(18)24)20-29-19(30-31(20)22)14-8-10-15(33-4)11-9-14/h5-11,13H,12,25H2,1-4H3,(H,26,32)(H,27,28)/t13-/m1/s1. The molecule has 2 aromatic carbocycles. The highest BCUT2D eigenvalue weighted by atomic mass is 79.9. The summed E-state index contributed by atoms with van der Waals surface area (Å²) in [6, 6.07) is 12.7. The van der Waals surface area contributed by atoms with Crippen molar-refractivity contribution >= 4 is 44.3 Å². The Bertz CT molecular complexity index is 1310. The number of rotatable bonds is 7. The molecule has 0 aliphatic heterocycles. The third-order valence-corrected chi connectivity index (χ3v) is 5.70. The smallest absolute Gasteiger partial charge is 0.242 e. The summed E-state index contributed by atoms with van der Waals surface area (Å²) in [7, 11) is 1.62. The van der Waals surface area contributed by atoms with Crippen LogP contribution < -0.4 is 21.1 Å². The van der Waals surface area contributed by atoms with Gasteiger partial charge < -0.3 is 21.1 Å². The Kier molecular flexibility index (Phi) is 6.22. The van der Waals surface area contributed by atoms with E-state index in [-0.39, 0.29) is 5.91 Å². The number of hydrogen-bond donors (Lipinski definition) is 3. The molecule has 9 nitrogen and oxygen atoms in total. The molecule has 0 unspecified atom stereocenters. The number of benzene rings is 2. The first-order chi connectivity index (χ1) is 15.7. The zero-order chi connectivity index (χ0) is 23.8. The summed E-state index contributed by atoms with van der Waals surface area (Å²) < 4.78 is 7.69. The van der Waals surface area contributed by atoms with E-state index in [1.54, 1.807) is 18.5 Å². The first-order valence-corrected chi connectivity index (χ1v) is 11.3. The van der Waals surface area contributed by atoms with Gasteiger partial charge in [0.1, 0.15) is 11.8 Å². The Morgan fingerprint density at radius 2 is 1.94 bits per heavy atom. The van der Waals surface area contributed by atoms with Crippen molar-refractivity contribution < 1.29 is 9.53 Å². The molecule has 2 heterocycles. The van der Waals surface area contributed by atoms with Crippen LogP contribution in [0.5, 0.6) is 5.75 Å². The van der Waals surface area contributed by atoms with Crippen molar-refractivity contribution in [2.45, 2.75) is 32.4 Å². The average Bonchev–Trinajstić information content (AvgIpc) is 3.24. The molecule has 0 saturated carbocycles. The van der Waals surface area contributed by atoms with Gasteiger partial charge in [-0.05, 0) is 73.1 Å². The number of para-hydroxylation sites is 1. The van der Waals surface area contributed by atoms with Crippen LogP contribution >= 0.6 is 15.9 Å². The number of nitrogens with two attached hydrogens (primary N) is 1. The van der Waals surface area contributed by atoms with Crippen molar-refractivity contribution in [3.63, 3.8) is 0 Å². The second kappa shape index (κ2) is 8.95. The van der Waals surface area contributed by atoms with Crippen LogP contribution in [0, 0.1) is 0 Å². The van der Waals surface area contributed by atoms with Gasteiger partial charge in [-0.3, -0.25) is 4.79 Å². The predicted molar refractivity (Wildman–Crippen MR) is 132 cm³/mol.